The van der Waals surface area contributed by atoms with E-state index in [-0.39, 0.29) is 5.82 Å². The Morgan fingerprint density at radius 3 is 2.95 bits per heavy atom. The lowest BCUT2D eigenvalue weighted by Gasteiger charge is -2.38. The third kappa shape index (κ3) is 3.69. The highest BCUT2D eigenvalue weighted by Crippen LogP contribution is 2.29. The van der Waals surface area contributed by atoms with Crippen molar-refractivity contribution in [2.45, 2.75) is 52.6 Å². The van der Waals surface area contributed by atoms with Crippen LogP contribution in [0, 0.1) is 11.7 Å². The predicted octanol–water partition coefficient (Wildman–Crippen LogP) is 3.35. The van der Waals surface area contributed by atoms with E-state index in [2.05, 4.69) is 36.0 Å². The van der Waals surface area contributed by atoms with E-state index in [1.165, 1.54) is 19.0 Å². The monoisotopic (exact) mass is 279 g/mol. The second-order valence-corrected chi connectivity index (χ2v) is 5.99. The number of hydrogen-bond donors (Lipinski definition) is 1. The van der Waals surface area contributed by atoms with E-state index in [1.807, 2.05) is 0 Å². The Bertz CT molecular complexity index is 436. The number of rotatable bonds is 5. The number of nitrogens with zero attached hydrogens (tertiary/aromatic N) is 2. The molecule has 0 aliphatic carbocycles. The fraction of sp³-hybridized carbons (Fsp3) is 0.688. The van der Waals surface area contributed by atoms with Crippen LogP contribution in [0.5, 0.6) is 0 Å². The fourth-order valence-electron chi connectivity index (χ4n) is 2.98. The standard InChI is InChI=1S/C16H26FN3/c1-4-6-18-10-14-9-15(17)11-19-16(14)20-7-5-12(2)8-13(20)3/h9,11-13,18H,4-8,10H2,1-3H3. The van der Waals surface area contributed by atoms with Gasteiger partial charge in [0.05, 0.1) is 6.20 Å². The van der Waals surface area contributed by atoms with Crippen molar-refractivity contribution in [2.24, 2.45) is 5.92 Å². The number of piperidine rings is 1. The van der Waals surface area contributed by atoms with Crippen molar-refractivity contribution in [2.75, 3.05) is 18.0 Å². The summed E-state index contributed by atoms with van der Waals surface area (Å²) in [6, 6.07) is 2.09. The molecule has 0 saturated carbocycles. The Morgan fingerprint density at radius 2 is 2.25 bits per heavy atom. The summed E-state index contributed by atoms with van der Waals surface area (Å²) in [5, 5.41) is 3.35. The molecule has 0 spiro atoms. The third-order valence-corrected chi connectivity index (χ3v) is 4.06. The molecule has 0 bridgehead atoms. The average molecular weight is 279 g/mol. The van der Waals surface area contributed by atoms with Gasteiger partial charge in [0, 0.05) is 24.7 Å². The van der Waals surface area contributed by atoms with Gasteiger partial charge in [-0.15, -0.1) is 0 Å². The zero-order valence-electron chi connectivity index (χ0n) is 12.8. The van der Waals surface area contributed by atoms with E-state index in [9.17, 15) is 4.39 Å². The lowest BCUT2D eigenvalue weighted by Crippen LogP contribution is -2.41. The van der Waals surface area contributed by atoms with Gasteiger partial charge in [0.1, 0.15) is 11.6 Å². The summed E-state index contributed by atoms with van der Waals surface area (Å²) in [6.07, 6.45) is 4.78. The van der Waals surface area contributed by atoms with Crippen LogP contribution >= 0.6 is 0 Å². The number of nitrogens with one attached hydrogen (secondary N) is 1. The molecule has 1 aliphatic rings. The SMILES string of the molecule is CCCNCc1cc(F)cnc1N1CCC(C)CC1C. The third-order valence-electron chi connectivity index (χ3n) is 4.06. The minimum absolute atomic E-state index is 0.250. The van der Waals surface area contributed by atoms with Crippen LogP contribution in [0.2, 0.25) is 0 Å². The molecule has 0 amide bonds. The molecule has 2 rings (SSSR count). The van der Waals surface area contributed by atoms with E-state index in [0.29, 0.717) is 12.6 Å². The van der Waals surface area contributed by atoms with Gasteiger partial charge in [-0.3, -0.25) is 0 Å². The van der Waals surface area contributed by atoms with Gasteiger partial charge in [-0.2, -0.15) is 0 Å². The van der Waals surface area contributed by atoms with Crippen LogP contribution in [0.15, 0.2) is 12.3 Å². The molecule has 0 aromatic carbocycles. The lowest BCUT2D eigenvalue weighted by atomic mass is 9.93. The number of anilines is 1. The summed E-state index contributed by atoms with van der Waals surface area (Å²) >= 11 is 0. The highest BCUT2D eigenvalue weighted by Gasteiger charge is 2.25. The van der Waals surface area contributed by atoms with Crippen LogP contribution < -0.4 is 10.2 Å². The van der Waals surface area contributed by atoms with Gasteiger partial charge >= 0.3 is 0 Å². The minimum atomic E-state index is -0.250. The predicted molar refractivity (Wildman–Crippen MR) is 81.4 cm³/mol. The first-order chi connectivity index (χ1) is 9.61. The van der Waals surface area contributed by atoms with Gasteiger partial charge in [0.15, 0.2) is 0 Å². The van der Waals surface area contributed by atoms with Gasteiger partial charge in [0.2, 0.25) is 0 Å². The molecule has 4 heteroatoms. The second kappa shape index (κ2) is 7.02. The average Bonchev–Trinajstić information content (AvgIpc) is 2.40. The Hall–Kier alpha value is -1.16. The molecule has 1 saturated heterocycles. The van der Waals surface area contributed by atoms with Crippen molar-refractivity contribution in [3.8, 4) is 0 Å². The van der Waals surface area contributed by atoms with Crippen LogP contribution in [0.3, 0.4) is 0 Å². The quantitative estimate of drug-likeness (QED) is 0.838. The van der Waals surface area contributed by atoms with Gasteiger partial charge in [-0.1, -0.05) is 13.8 Å². The van der Waals surface area contributed by atoms with Crippen LogP contribution in [0.25, 0.3) is 0 Å². The highest BCUT2D eigenvalue weighted by atomic mass is 19.1. The normalized spacial score (nSPS) is 23.1. The van der Waals surface area contributed by atoms with Crippen molar-refractivity contribution in [3.05, 3.63) is 23.6 Å². The summed E-state index contributed by atoms with van der Waals surface area (Å²) in [6.45, 7) is 9.32. The molecule has 3 nitrogen and oxygen atoms in total. The molecule has 112 valence electrons. The molecule has 1 aromatic heterocycles. The Morgan fingerprint density at radius 1 is 1.45 bits per heavy atom. The lowest BCUT2D eigenvalue weighted by molar-refractivity contribution is 0.375. The number of aromatic nitrogens is 1. The van der Waals surface area contributed by atoms with Gasteiger partial charge in [-0.05, 0) is 44.7 Å². The summed E-state index contributed by atoms with van der Waals surface area (Å²) in [4.78, 5) is 6.70. The minimum Gasteiger partial charge on any atom is -0.354 e. The number of halogens is 1. The van der Waals surface area contributed by atoms with Crippen molar-refractivity contribution in [1.29, 1.82) is 0 Å². The van der Waals surface area contributed by atoms with Crippen molar-refractivity contribution >= 4 is 5.82 Å². The molecule has 1 aromatic rings. The van der Waals surface area contributed by atoms with Crippen LogP contribution in [0.4, 0.5) is 10.2 Å². The first-order valence-electron chi connectivity index (χ1n) is 7.73. The van der Waals surface area contributed by atoms with Crippen molar-refractivity contribution in [3.63, 3.8) is 0 Å². The molecule has 1 aliphatic heterocycles. The summed E-state index contributed by atoms with van der Waals surface area (Å²) in [5.74, 6) is 1.47. The molecule has 1 fully saturated rings. The number of hydrogen-bond acceptors (Lipinski definition) is 3. The smallest absolute Gasteiger partial charge is 0.141 e. The topological polar surface area (TPSA) is 28.2 Å². The molecule has 0 radical (unpaired) electrons. The van der Waals surface area contributed by atoms with E-state index >= 15 is 0 Å². The fourth-order valence-corrected chi connectivity index (χ4v) is 2.98. The van der Waals surface area contributed by atoms with Gasteiger partial charge in [-0.25, -0.2) is 9.37 Å². The maximum atomic E-state index is 13.5. The number of pyridine rings is 1. The first-order valence-corrected chi connectivity index (χ1v) is 7.73. The van der Waals surface area contributed by atoms with Gasteiger partial charge < -0.3 is 10.2 Å². The van der Waals surface area contributed by atoms with E-state index in [1.54, 1.807) is 6.07 Å². The van der Waals surface area contributed by atoms with Gasteiger partial charge in [0.25, 0.3) is 0 Å². The van der Waals surface area contributed by atoms with E-state index in [4.69, 9.17) is 0 Å². The van der Waals surface area contributed by atoms with E-state index < -0.39 is 0 Å². The van der Waals surface area contributed by atoms with Crippen LogP contribution in [-0.2, 0) is 6.54 Å². The summed E-state index contributed by atoms with van der Waals surface area (Å²) in [7, 11) is 0. The van der Waals surface area contributed by atoms with Crippen LogP contribution in [0.1, 0.15) is 45.6 Å². The van der Waals surface area contributed by atoms with E-state index in [0.717, 1.165) is 36.8 Å². The van der Waals surface area contributed by atoms with Crippen LogP contribution in [-0.4, -0.2) is 24.1 Å². The highest BCUT2D eigenvalue weighted by molar-refractivity contribution is 5.48. The van der Waals surface area contributed by atoms with Crippen molar-refractivity contribution in [1.82, 2.24) is 10.3 Å². The maximum absolute atomic E-state index is 13.5. The molecule has 20 heavy (non-hydrogen) atoms. The molecule has 1 N–H and O–H groups in total. The molecule has 2 heterocycles. The maximum Gasteiger partial charge on any atom is 0.141 e. The summed E-state index contributed by atoms with van der Waals surface area (Å²) < 4.78 is 13.5. The zero-order valence-corrected chi connectivity index (χ0v) is 12.8. The largest absolute Gasteiger partial charge is 0.354 e. The Kier molecular flexibility index (Phi) is 5.35. The zero-order chi connectivity index (χ0) is 14.5. The Balaban J connectivity index is 2.17. The molecule has 2 unspecified atom stereocenters. The molecular weight excluding hydrogens is 253 g/mol. The van der Waals surface area contributed by atoms with Crippen molar-refractivity contribution < 1.29 is 4.39 Å². The molecule has 2 atom stereocenters. The molecular formula is C16H26FN3. The Labute approximate surface area is 121 Å². The summed E-state index contributed by atoms with van der Waals surface area (Å²) in [5.41, 5.74) is 0.972. The second-order valence-electron chi connectivity index (χ2n) is 5.99. The first kappa shape index (κ1) is 15.2.